The topological polar surface area (TPSA) is 27.3 Å². The van der Waals surface area contributed by atoms with Gasteiger partial charge in [0.1, 0.15) is 5.82 Å². The summed E-state index contributed by atoms with van der Waals surface area (Å²) in [6, 6.07) is 26.6. The van der Waals surface area contributed by atoms with Crippen LogP contribution in [0.5, 0.6) is 0 Å². The van der Waals surface area contributed by atoms with E-state index in [0.29, 0.717) is 12.5 Å². The molecule has 2 N–H and O–H groups in total. The molecule has 0 bridgehead atoms. The maximum absolute atomic E-state index is 13.7. The molecule has 0 saturated carbocycles. The highest BCUT2D eigenvalue weighted by atomic mass is 19.1. The maximum atomic E-state index is 13.7. The molecule has 1 saturated heterocycles. The summed E-state index contributed by atoms with van der Waals surface area (Å²) in [7, 11) is 0. The highest BCUT2D eigenvalue weighted by Gasteiger charge is 2.42. The Morgan fingerprint density at radius 1 is 0.852 bits per heavy atom. The monoisotopic (exact) mass is 359 g/mol. The van der Waals surface area contributed by atoms with Crippen molar-refractivity contribution in [3.05, 3.63) is 101 Å². The number of hydrogen-bond acceptors (Lipinski definition) is 3. The third-order valence-electron chi connectivity index (χ3n) is 5.72. The Labute approximate surface area is 158 Å². The molecule has 136 valence electrons. The van der Waals surface area contributed by atoms with Gasteiger partial charge in [0.2, 0.25) is 0 Å². The Morgan fingerprint density at radius 2 is 1.63 bits per heavy atom. The van der Waals surface area contributed by atoms with Gasteiger partial charge in [0.05, 0.1) is 12.1 Å². The molecule has 3 atom stereocenters. The van der Waals surface area contributed by atoms with Gasteiger partial charge >= 0.3 is 0 Å². The van der Waals surface area contributed by atoms with E-state index in [1.54, 1.807) is 12.1 Å². The fraction of sp³-hybridized carbons (Fsp3) is 0.217. The summed E-state index contributed by atoms with van der Waals surface area (Å²) in [4.78, 5) is 2.38. The van der Waals surface area contributed by atoms with Gasteiger partial charge in [0, 0.05) is 24.7 Å². The van der Waals surface area contributed by atoms with Crippen LogP contribution in [0.1, 0.15) is 28.8 Å². The molecule has 2 heterocycles. The molecule has 0 spiro atoms. The third-order valence-corrected chi connectivity index (χ3v) is 5.72. The molecule has 0 amide bonds. The summed E-state index contributed by atoms with van der Waals surface area (Å²) in [5, 5.41) is 0. The number of hydrogen-bond donors (Lipinski definition) is 2. The summed E-state index contributed by atoms with van der Waals surface area (Å²) in [6.07, 6.45) is 0. The van der Waals surface area contributed by atoms with Crippen molar-refractivity contribution >= 4 is 5.69 Å². The highest BCUT2D eigenvalue weighted by Crippen LogP contribution is 2.45. The molecule has 4 heteroatoms. The Morgan fingerprint density at radius 3 is 2.48 bits per heavy atom. The van der Waals surface area contributed by atoms with Gasteiger partial charge in [0.25, 0.3) is 0 Å². The van der Waals surface area contributed by atoms with Gasteiger partial charge < -0.3 is 4.90 Å². The van der Waals surface area contributed by atoms with E-state index in [1.165, 1.54) is 22.9 Å². The molecule has 5 rings (SSSR count). The Balaban J connectivity index is 1.50. The van der Waals surface area contributed by atoms with E-state index < -0.39 is 0 Å². The van der Waals surface area contributed by atoms with E-state index in [-0.39, 0.29) is 17.9 Å². The summed E-state index contributed by atoms with van der Waals surface area (Å²) in [5.74, 6) is 0.220. The fourth-order valence-corrected chi connectivity index (χ4v) is 4.49. The minimum absolute atomic E-state index is 0.179. The van der Waals surface area contributed by atoms with Crippen molar-refractivity contribution in [3.8, 4) is 0 Å². The lowest BCUT2D eigenvalue weighted by Gasteiger charge is -2.39. The summed E-state index contributed by atoms with van der Waals surface area (Å²) < 4.78 is 13.7. The largest absolute Gasteiger partial charge is 0.367 e. The van der Waals surface area contributed by atoms with E-state index in [0.717, 1.165) is 12.1 Å². The predicted molar refractivity (Wildman–Crippen MR) is 106 cm³/mol. The van der Waals surface area contributed by atoms with Crippen molar-refractivity contribution in [1.82, 2.24) is 10.9 Å². The Hall–Kier alpha value is -2.69. The van der Waals surface area contributed by atoms with Crippen LogP contribution < -0.4 is 15.8 Å². The van der Waals surface area contributed by atoms with Crippen LogP contribution in [-0.4, -0.2) is 6.54 Å². The average molecular weight is 359 g/mol. The number of para-hydroxylation sites is 1. The molecular formula is C23H22FN3. The van der Waals surface area contributed by atoms with Gasteiger partial charge in [-0.3, -0.25) is 0 Å². The molecule has 3 unspecified atom stereocenters. The van der Waals surface area contributed by atoms with E-state index in [4.69, 9.17) is 0 Å². The molecule has 27 heavy (non-hydrogen) atoms. The van der Waals surface area contributed by atoms with E-state index in [2.05, 4.69) is 70.3 Å². The Bertz CT molecular complexity index is 943. The Kier molecular flexibility index (Phi) is 4.15. The number of nitrogens with one attached hydrogen (secondary N) is 2. The first kappa shape index (κ1) is 16.5. The number of nitrogens with zero attached hydrogens (tertiary/aromatic N) is 1. The first-order chi connectivity index (χ1) is 13.3. The average Bonchev–Trinajstić information content (AvgIpc) is 3.13. The number of anilines is 1. The van der Waals surface area contributed by atoms with Crippen molar-refractivity contribution in [2.24, 2.45) is 5.92 Å². The number of hydrazine groups is 1. The predicted octanol–water partition coefficient (Wildman–Crippen LogP) is 4.35. The van der Waals surface area contributed by atoms with Crippen LogP contribution in [0.4, 0.5) is 10.1 Å². The highest BCUT2D eigenvalue weighted by molar-refractivity contribution is 5.58. The lowest BCUT2D eigenvalue weighted by Crippen LogP contribution is -2.39. The molecular weight excluding hydrogens is 337 g/mol. The zero-order valence-corrected chi connectivity index (χ0v) is 15.0. The maximum Gasteiger partial charge on any atom is 0.123 e. The second kappa shape index (κ2) is 6.80. The van der Waals surface area contributed by atoms with Gasteiger partial charge in [-0.15, -0.1) is 0 Å². The zero-order valence-electron chi connectivity index (χ0n) is 15.0. The molecule has 1 fully saturated rings. The SMILES string of the molecule is Fc1cccc(CN2CC3C(c4ccccc4)NNC3c3ccccc32)c1. The lowest BCUT2D eigenvalue weighted by molar-refractivity contribution is 0.402. The standard InChI is InChI=1S/C23H22FN3/c24-18-10-6-7-16(13-18)14-27-15-20-22(17-8-2-1-3-9-17)25-26-23(20)19-11-4-5-12-21(19)27/h1-13,20,22-23,25-26H,14-15H2. The van der Waals surface area contributed by atoms with Crippen molar-refractivity contribution in [2.75, 3.05) is 11.4 Å². The fourth-order valence-electron chi connectivity index (χ4n) is 4.49. The molecule has 2 aliphatic rings. The number of rotatable bonds is 3. The second-order valence-electron chi connectivity index (χ2n) is 7.39. The minimum atomic E-state index is -0.179. The third kappa shape index (κ3) is 3.01. The number of fused-ring (bicyclic) bond motifs is 3. The van der Waals surface area contributed by atoms with E-state index in [9.17, 15) is 4.39 Å². The van der Waals surface area contributed by atoms with Crippen LogP contribution in [0.3, 0.4) is 0 Å². The van der Waals surface area contributed by atoms with Crippen molar-refractivity contribution in [1.29, 1.82) is 0 Å². The number of benzene rings is 3. The van der Waals surface area contributed by atoms with Crippen LogP contribution in [0.25, 0.3) is 0 Å². The molecule has 3 aromatic rings. The van der Waals surface area contributed by atoms with Crippen LogP contribution in [0.15, 0.2) is 78.9 Å². The molecule has 2 aliphatic heterocycles. The smallest absolute Gasteiger partial charge is 0.123 e. The van der Waals surface area contributed by atoms with E-state index in [1.807, 2.05) is 6.07 Å². The van der Waals surface area contributed by atoms with E-state index >= 15 is 0 Å². The molecule has 3 nitrogen and oxygen atoms in total. The summed E-state index contributed by atoms with van der Waals surface area (Å²) in [6.45, 7) is 1.62. The summed E-state index contributed by atoms with van der Waals surface area (Å²) in [5.41, 5.74) is 11.9. The van der Waals surface area contributed by atoms with Gasteiger partial charge in [-0.25, -0.2) is 15.2 Å². The minimum Gasteiger partial charge on any atom is -0.367 e. The first-order valence-electron chi connectivity index (χ1n) is 9.44. The number of halogens is 1. The van der Waals surface area contributed by atoms with Gasteiger partial charge in [-0.2, -0.15) is 0 Å². The second-order valence-corrected chi connectivity index (χ2v) is 7.39. The molecule has 3 aromatic carbocycles. The van der Waals surface area contributed by atoms with Crippen LogP contribution in [0.2, 0.25) is 0 Å². The van der Waals surface area contributed by atoms with Crippen LogP contribution in [-0.2, 0) is 6.54 Å². The van der Waals surface area contributed by atoms with Crippen molar-refractivity contribution < 1.29 is 4.39 Å². The zero-order chi connectivity index (χ0) is 18.2. The quantitative estimate of drug-likeness (QED) is 0.728. The van der Waals surface area contributed by atoms with Crippen molar-refractivity contribution in [2.45, 2.75) is 18.6 Å². The summed E-state index contributed by atoms with van der Waals surface area (Å²) >= 11 is 0. The molecule has 0 aliphatic carbocycles. The molecule has 0 aromatic heterocycles. The normalized spacial score (nSPS) is 23.7. The lowest BCUT2D eigenvalue weighted by atomic mass is 9.82. The van der Waals surface area contributed by atoms with Gasteiger partial charge in [0.15, 0.2) is 0 Å². The van der Waals surface area contributed by atoms with Crippen LogP contribution >= 0.6 is 0 Å². The van der Waals surface area contributed by atoms with Crippen LogP contribution in [0, 0.1) is 11.7 Å². The van der Waals surface area contributed by atoms with Crippen molar-refractivity contribution in [3.63, 3.8) is 0 Å². The van der Waals surface area contributed by atoms with Gasteiger partial charge in [-0.05, 0) is 34.9 Å². The first-order valence-corrected chi connectivity index (χ1v) is 9.44. The van der Waals surface area contributed by atoms with Gasteiger partial charge in [-0.1, -0.05) is 60.7 Å². The molecule has 0 radical (unpaired) electrons.